The van der Waals surface area contributed by atoms with Crippen molar-refractivity contribution in [2.24, 2.45) is 0 Å². The smallest absolute Gasteiger partial charge is 0.255 e. The van der Waals surface area contributed by atoms with Crippen LogP contribution in [0.1, 0.15) is 26.5 Å². The first-order valence-electron chi connectivity index (χ1n) is 10.7. The molecule has 9 heteroatoms. The fourth-order valence-electron chi connectivity index (χ4n) is 3.59. The number of anilines is 2. The zero-order valence-corrected chi connectivity index (χ0v) is 18.3. The quantitative estimate of drug-likeness (QED) is 0.602. The zero-order valence-electron chi connectivity index (χ0n) is 18.3. The maximum absolute atomic E-state index is 12.8. The molecule has 1 aromatic heterocycles. The third-order valence-electron chi connectivity index (χ3n) is 5.35. The van der Waals surface area contributed by atoms with E-state index in [4.69, 9.17) is 4.52 Å². The molecule has 9 nitrogen and oxygen atoms in total. The van der Waals surface area contributed by atoms with Crippen LogP contribution in [0.3, 0.4) is 0 Å². The van der Waals surface area contributed by atoms with Gasteiger partial charge in [-0.1, -0.05) is 23.4 Å². The number of hydrogen-bond donors (Lipinski definition) is 2. The highest BCUT2D eigenvalue weighted by Gasteiger charge is 2.23. The summed E-state index contributed by atoms with van der Waals surface area (Å²) in [6.07, 6.45) is 0. The zero-order chi connectivity index (χ0) is 23.2. The van der Waals surface area contributed by atoms with Crippen LogP contribution in [0.4, 0.5) is 11.5 Å². The van der Waals surface area contributed by atoms with E-state index in [9.17, 15) is 14.4 Å². The predicted molar refractivity (Wildman–Crippen MR) is 123 cm³/mol. The van der Waals surface area contributed by atoms with Crippen LogP contribution < -0.4 is 10.6 Å². The third kappa shape index (κ3) is 5.83. The van der Waals surface area contributed by atoms with E-state index in [1.165, 1.54) is 0 Å². The van der Waals surface area contributed by atoms with Crippen molar-refractivity contribution >= 4 is 29.2 Å². The van der Waals surface area contributed by atoms with Crippen LogP contribution in [-0.4, -0.2) is 65.4 Å². The summed E-state index contributed by atoms with van der Waals surface area (Å²) in [5.41, 5.74) is 1.75. The second-order valence-electron chi connectivity index (χ2n) is 7.84. The van der Waals surface area contributed by atoms with E-state index in [1.54, 1.807) is 66.4 Å². The van der Waals surface area contributed by atoms with Gasteiger partial charge in [-0.3, -0.25) is 19.3 Å². The largest absolute Gasteiger partial charge is 0.360 e. The van der Waals surface area contributed by atoms with Gasteiger partial charge in [0.15, 0.2) is 5.82 Å². The van der Waals surface area contributed by atoms with Crippen molar-refractivity contribution in [1.82, 2.24) is 15.0 Å². The van der Waals surface area contributed by atoms with Crippen LogP contribution >= 0.6 is 0 Å². The maximum Gasteiger partial charge on any atom is 0.255 e. The maximum atomic E-state index is 12.8. The minimum atomic E-state index is -0.200. The number of nitrogens with one attached hydrogen (secondary N) is 2. The first kappa shape index (κ1) is 22.2. The Morgan fingerprint density at radius 2 is 1.61 bits per heavy atom. The van der Waals surface area contributed by atoms with Crippen molar-refractivity contribution in [3.63, 3.8) is 0 Å². The number of aryl methyl sites for hydroxylation is 1. The van der Waals surface area contributed by atoms with Gasteiger partial charge >= 0.3 is 0 Å². The van der Waals surface area contributed by atoms with E-state index < -0.39 is 0 Å². The Kier molecular flexibility index (Phi) is 6.80. The minimum Gasteiger partial charge on any atom is -0.360 e. The topological polar surface area (TPSA) is 108 Å². The molecule has 2 aromatic carbocycles. The second kappa shape index (κ2) is 10.1. The highest BCUT2D eigenvalue weighted by molar-refractivity contribution is 6.04. The lowest BCUT2D eigenvalue weighted by atomic mass is 10.1. The highest BCUT2D eigenvalue weighted by Crippen LogP contribution is 2.15. The number of aromatic nitrogens is 1. The molecule has 2 heterocycles. The van der Waals surface area contributed by atoms with Crippen molar-refractivity contribution in [3.8, 4) is 0 Å². The highest BCUT2D eigenvalue weighted by atomic mass is 16.5. The van der Waals surface area contributed by atoms with Crippen LogP contribution in [0.5, 0.6) is 0 Å². The summed E-state index contributed by atoms with van der Waals surface area (Å²) in [6.45, 7) is 4.24. The number of nitrogens with zero attached hydrogens (tertiary/aromatic N) is 3. The Hall–Kier alpha value is -3.98. The van der Waals surface area contributed by atoms with Crippen LogP contribution in [0.25, 0.3) is 0 Å². The molecule has 2 N–H and O–H groups in total. The molecule has 170 valence electrons. The lowest BCUT2D eigenvalue weighted by Gasteiger charge is -2.34. The molecule has 1 saturated heterocycles. The Bertz CT molecular complexity index is 1120. The van der Waals surface area contributed by atoms with Crippen molar-refractivity contribution in [2.75, 3.05) is 43.4 Å². The SMILES string of the molecule is Cc1cc(NC(=O)CN2CCN(C(=O)c3ccc(NC(=O)c4ccccc4)cc3)CC2)no1. The average Bonchev–Trinajstić information content (AvgIpc) is 3.24. The standard InChI is InChI=1S/C24H25N5O4/c1-17-15-21(27-33-17)26-22(30)16-28-11-13-29(14-12-28)24(32)19-7-9-20(10-8-19)25-23(31)18-5-3-2-4-6-18/h2-10,15H,11-14,16H2,1H3,(H,25,31)(H,26,27,30). The van der Waals surface area contributed by atoms with Crippen LogP contribution in [0.2, 0.25) is 0 Å². The molecule has 4 rings (SSSR count). The predicted octanol–water partition coefficient (Wildman–Crippen LogP) is 2.63. The molecule has 0 aliphatic carbocycles. The van der Waals surface area contributed by atoms with Crippen molar-refractivity contribution in [1.29, 1.82) is 0 Å². The van der Waals surface area contributed by atoms with E-state index in [-0.39, 0.29) is 24.3 Å². The Balaban J connectivity index is 1.25. The third-order valence-corrected chi connectivity index (χ3v) is 5.35. The number of carbonyl (C=O) groups excluding carboxylic acids is 3. The van der Waals surface area contributed by atoms with Crippen LogP contribution in [0, 0.1) is 6.92 Å². The fraction of sp³-hybridized carbons (Fsp3) is 0.250. The van der Waals surface area contributed by atoms with Crippen molar-refractivity contribution in [2.45, 2.75) is 6.92 Å². The Morgan fingerprint density at radius 3 is 2.24 bits per heavy atom. The van der Waals surface area contributed by atoms with E-state index in [0.717, 1.165) is 0 Å². The summed E-state index contributed by atoms with van der Waals surface area (Å²) in [5, 5.41) is 9.28. The van der Waals surface area contributed by atoms with E-state index in [2.05, 4.69) is 15.8 Å². The summed E-state index contributed by atoms with van der Waals surface area (Å²) in [4.78, 5) is 41.1. The molecule has 3 amide bonds. The molecular weight excluding hydrogens is 422 g/mol. The molecule has 1 aliphatic rings. The first-order chi connectivity index (χ1) is 16.0. The number of rotatable bonds is 6. The molecule has 0 unspecified atom stereocenters. The lowest BCUT2D eigenvalue weighted by Crippen LogP contribution is -2.50. The van der Waals surface area contributed by atoms with Crippen LogP contribution in [0.15, 0.2) is 65.2 Å². The first-order valence-corrected chi connectivity index (χ1v) is 10.7. The van der Waals surface area contributed by atoms with Gasteiger partial charge < -0.3 is 20.1 Å². The summed E-state index contributed by atoms with van der Waals surface area (Å²) in [7, 11) is 0. The van der Waals surface area contributed by atoms with E-state index >= 15 is 0 Å². The van der Waals surface area contributed by atoms with Gasteiger partial charge in [-0.25, -0.2) is 0 Å². The number of hydrogen-bond acceptors (Lipinski definition) is 6. The monoisotopic (exact) mass is 447 g/mol. The summed E-state index contributed by atoms with van der Waals surface area (Å²) >= 11 is 0. The molecule has 0 spiro atoms. The van der Waals surface area contributed by atoms with Gasteiger partial charge in [0.1, 0.15) is 5.76 Å². The second-order valence-corrected chi connectivity index (χ2v) is 7.84. The molecule has 1 fully saturated rings. The van der Waals surface area contributed by atoms with Gasteiger partial charge in [-0.15, -0.1) is 0 Å². The van der Waals surface area contributed by atoms with Gasteiger partial charge in [0.05, 0.1) is 6.54 Å². The average molecular weight is 447 g/mol. The normalized spacial score (nSPS) is 14.0. The molecular formula is C24H25N5O4. The number of amides is 3. The van der Waals surface area contributed by atoms with Crippen LogP contribution in [-0.2, 0) is 4.79 Å². The van der Waals surface area contributed by atoms with Crippen molar-refractivity contribution < 1.29 is 18.9 Å². The molecule has 0 atom stereocenters. The number of benzene rings is 2. The van der Waals surface area contributed by atoms with Crippen molar-refractivity contribution in [3.05, 3.63) is 77.6 Å². The lowest BCUT2D eigenvalue weighted by molar-refractivity contribution is -0.117. The molecule has 1 aliphatic heterocycles. The molecule has 0 bridgehead atoms. The van der Waals surface area contributed by atoms with Gasteiger partial charge in [0, 0.05) is 49.1 Å². The van der Waals surface area contributed by atoms with Gasteiger partial charge in [-0.2, -0.15) is 0 Å². The molecule has 33 heavy (non-hydrogen) atoms. The summed E-state index contributed by atoms with van der Waals surface area (Å²) < 4.78 is 4.94. The van der Waals surface area contributed by atoms with E-state index in [0.29, 0.717) is 54.6 Å². The molecule has 0 radical (unpaired) electrons. The van der Waals surface area contributed by atoms with Gasteiger partial charge in [0.25, 0.3) is 11.8 Å². The Labute approximate surface area is 191 Å². The summed E-state index contributed by atoms with van der Waals surface area (Å²) in [5.74, 6) is 0.585. The summed E-state index contributed by atoms with van der Waals surface area (Å²) in [6, 6.07) is 17.5. The van der Waals surface area contributed by atoms with Gasteiger partial charge in [0.2, 0.25) is 5.91 Å². The van der Waals surface area contributed by atoms with E-state index in [1.807, 2.05) is 11.0 Å². The minimum absolute atomic E-state index is 0.0712. The number of piperazine rings is 1. The Morgan fingerprint density at radius 1 is 0.909 bits per heavy atom. The van der Waals surface area contributed by atoms with Gasteiger partial charge in [-0.05, 0) is 43.3 Å². The molecule has 0 saturated carbocycles. The fourth-order valence-corrected chi connectivity index (χ4v) is 3.59. The molecule has 3 aromatic rings. The number of carbonyl (C=O) groups is 3.